The highest BCUT2D eigenvalue weighted by Crippen LogP contribution is 2.28. The van der Waals surface area contributed by atoms with Gasteiger partial charge in [-0.2, -0.15) is 0 Å². The average molecular weight is 340 g/mol. The fourth-order valence-electron chi connectivity index (χ4n) is 2.11. The van der Waals surface area contributed by atoms with E-state index in [0.29, 0.717) is 19.4 Å². The van der Waals surface area contributed by atoms with Crippen LogP contribution in [0, 0.1) is 20.2 Å². The van der Waals surface area contributed by atoms with Crippen molar-refractivity contribution < 1.29 is 19.4 Å². The van der Waals surface area contributed by atoms with Crippen molar-refractivity contribution in [3.05, 3.63) is 44.0 Å². The summed E-state index contributed by atoms with van der Waals surface area (Å²) in [5, 5.41) is 22.0. The Morgan fingerprint density at radius 3 is 2.21 bits per heavy atom. The maximum atomic E-state index is 11.8. The van der Waals surface area contributed by atoms with Crippen molar-refractivity contribution in [1.82, 2.24) is 0 Å². The van der Waals surface area contributed by atoms with Gasteiger partial charge in [0.05, 0.1) is 9.85 Å². The predicted molar refractivity (Wildman–Crippen MR) is 85.0 cm³/mol. The predicted octanol–water partition coefficient (Wildman–Crippen LogP) is 1.39. The van der Waals surface area contributed by atoms with Crippen molar-refractivity contribution in [2.45, 2.75) is 38.3 Å². The first-order valence-corrected chi connectivity index (χ1v) is 7.41. The lowest BCUT2D eigenvalue weighted by atomic mass is 10.1. The van der Waals surface area contributed by atoms with Gasteiger partial charge in [0.25, 0.3) is 11.4 Å². The van der Waals surface area contributed by atoms with Crippen molar-refractivity contribution in [3.63, 3.8) is 0 Å². The number of carbonyl (C=O) groups is 1. The summed E-state index contributed by atoms with van der Waals surface area (Å²) in [7, 11) is 0. The normalized spacial score (nSPS) is 11.8. The first-order valence-electron chi connectivity index (χ1n) is 7.41. The third-order valence-electron chi connectivity index (χ3n) is 3.40. The number of hydrogen-bond donors (Lipinski definition) is 2. The van der Waals surface area contributed by atoms with E-state index in [2.05, 4.69) is 0 Å². The molecule has 1 rings (SSSR count). The number of nitrogens with zero attached hydrogens (tertiary/aromatic N) is 2. The van der Waals surface area contributed by atoms with E-state index in [0.717, 1.165) is 25.0 Å². The minimum atomic E-state index is -0.885. The van der Waals surface area contributed by atoms with Crippen LogP contribution >= 0.6 is 0 Å². The SMILES string of the molecule is NCCCCCC(N)C(=O)OCc1c([N+](=O)[O-])cccc1[N+](=O)[O-]. The van der Waals surface area contributed by atoms with E-state index in [1.54, 1.807) is 0 Å². The van der Waals surface area contributed by atoms with Gasteiger partial charge in [0, 0.05) is 12.1 Å². The summed E-state index contributed by atoms with van der Waals surface area (Å²) in [6.07, 6.45) is 2.73. The number of unbranched alkanes of at least 4 members (excludes halogenated alkanes) is 2. The van der Waals surface area contributed by atoms with Crippen LogP contribution in [-0.4, -0.2) is 28.4 Å². The summed E-state index contributed by atoms with van der Waals surface area (Å²) in [4.78, 5) is 32.3. The van der Waals surface area contributed by atoms with Crippen LogP contribution in [0.15, 0.2) is 18.2 Å². The van der Waals surface area contributed by atoms with Crippen molar-refractivity contribution in [1.29, 1.82) is 0 Å². The molecule has 0 aliphatic rings. The monoisotopic (exact) mass is 340 g/mol. The maximum absolute atomic E-state index is 11.8. The van der Waals surface area contributed by atoms with Crippen LogP contribution in [0.25, 0.3) is 0 Å². The molecule has 0 radical (unpaired) electrons. The third-order valence-corrected chi connectivity index (χ3v) is 3.40. The number of nitro benzene ring substituents is 2. The number of nitro groups is 2. The van der Waals surface area contributed by atoms with Gasteiger partial charge in [-0.1, -0.05) is 12.8 Å². The van der Waals surface area contributed by atoms with Crippen LogP contribution in [-0.2, 0) is 16.1 Å². The molecule has 0 aromatic heterocycles. The molecule has 1 unspecified atom stereocenters. The van der Waals surface area contributed by atoms with Crippen LogP contribution in [0.2, 0.25) is 0 Å². The zero-order valence-electron chi connectivity index (χ0n) is 13.1. The van der Waals surface area contributed by atoms with E-state index in [4.69, 9.17) is 16.2 Å². The second kappa shape index (κ2) is 9.53. The minimum Gasteiger partial charge on any atom is -0.459 e. The molecule has 132 valence electrons. The summed E-state index contributed by atoms with van der Waals surface area (Å²) in [5.41, 5.74) is 9.82. The average Bonchev–Trinajstić information content (AvgIpc) is 2.55. The number of nitrogens with two attached hydrogens (primary N) is 2. The molecule has 0 spiro atoms. The molecule has 4 N–H and O–H groups in total. The van der Waals surface area contributed by atoms with Crippen LogP contribution in [0.1, 0.15) is 31.2 Å². The Kier molecular flexibility index (Phi) is 7.72. The van der Waals surface area contributed by atoms with E-state index in [-0.39, 0.29) is 5.56 Å². The lowest BCUT2D eigenvalue weighted by Crippen LogP contribution is -2.32. The summed E-state index contributed by atoms with van der Waals surface area (Å²) in [6, 6.07) is 2.54. The number of carbonyl (C=O) groups excluding carboxylic acids is 1. The quantitative estimate of drug-likeness (QED) is 0.279. The van der Waals surface area contributed by atoms with Gasteiger partial charge in [-0.05, 0) is 25.5 Å². The molecule has 24 heavy (non-hydrogen) atoms. The molecule has 0 heterocycles. The number of ether oxygens (including phenoxy) is 1. The van der Waals surface area contributed by atoms with E-state index >= 15 is 0 Å². The van der Waals surface area contributed by atoms with Gasteiger partial charge in [-0.25, -0.2) is 0 Å². The molecule has 0 aliphatic carbocycles. The van der Waals surface area contributed by atoms with Gasteiger partial charge in [0.1, 0.15) is 18.2 Å². The van der Waals surface area contributed by atoms with Gasteiger partial charge in [0.2, 0.25) is 0 Å². The first kappa shape index (κ1) is 19.5. The van der Waals surface area contributed by atoms with E-state index in [1.165, 1.54) is 6.07 Å². The zero-order chi connectivity index (χ0) is 18.1. The Labute approximate surface area is 138 Å². The Balaban J connectivity index is 2.74. The van der Waals surface area contributed by atoms with Crippen molar-refractivity contribution >= 4 is 17.3 Å². The summed E-state index contributed by atoms with van der Waals surface area (Å²) in [6.45, 7) is -0.0240. The standard InChI is InChI=1S/C14H20N4O6/c15-8-3-1-2-5-11(16)14(19)24-9-10-12(17(20)21)6-4-7-13(10)18(22)23/h4,6-7,11H,1-3,5,8-9,15-16H2. The molecule has 0 saturated carbocycles. The number of hydrogen-bond acceptors (Lipinski definition) is 8. The van der Waals surface area contributed by atoms with Crippen LogP contribution in [0.5, 0.6) is 0 Å². The molecule has 1 aromatic rings. The first-order chi connectivity index (χ1) is 11.4. The maximum Gasteiger partial charge on any atom is 0.323 e. The second-order valence-electron chi connectivity index (χ2n) is 5.14. The molecule has 10 nitrogen and oxygen atoms in total. The van der Waals surface area contributed by atoms with Crippen LogP contribution in [0.4, 0.5) is 11.4 Å². The lowest BCUT2D eigenvalue weighted by molar-refractivity contribution is -0.396. The van der Waals surface area contributed by atoms with Gasteiger partial charge < -0.3 is 16.2 Å². The molecule has 10 heteroatoms. The van der Waals surface area contributed by atoms with Gasteiger partial charge in [-0.15, -0.1) is 0 Å². The van der Waals surface area contributed by atoms with E-state index in [9.17, 15) is 25.0 Å². The highest BCUT2D eigenvalue weighted by Gasteiger charge is 2.26. The molecule has 0 fully saturated rings. The lowest BCUT2D eigenvalue weighted by Gasteiger charge is -2.11. The van der Waals surface area contributed by atoms with Gasteiger partial charge in [-0.3, -0.25) is 25.0 Å². The highest BCUT2D eigenvalue weighted by molar-refractivity contribution is 5.75. The second-order valence-corrected chi connectivity index (χ2v) is 5.14. The third kappa shape index (κ3) is 5.56. The van der Waals surface area contributed by atoms with Crippen molar-refractivity contribution in [2.75, 3.05) is 6.54 Å². The number of esters is 1. The van der Waals surface area contributed by atoms with Crippen molar-refractivity contribution in [2.24, 2.45) is 11.5 Å². The van der Waals surface area contributed by atoms with E-state index in [1.807, 2.05) is 0 Å². The highest BCUT2D eigenvalue weighted by atomic mass is 16.6. The fraction of sp³-hybridized carbons (Fsp3) is 0.500. The van der Waals surface area contributed by atoms with Gasteiger partial charge in [0.15, 0.2) is 0 Å². The molecule has 0 bridgehead atoms. The number of benzene rings is 1. The molecule has 1 atom stereocenters. The Morgan fingerprint density at radius 1 is 1.12 bits per heavy atom. The summed E-state index contributed by atoms with van der Waals surface area (Å²) >= 11 is 0. The molecule has 0 saturated heterocycles. The summed E-state index contributed by atoms with van der Waals surface area (Å²) < 4.78 is 4.93. The minimum absolute atomic E-state index is 0.267. The van der Waals surface area contributed by atoms with Crippen LogP contribution in [0.3, 0.4) is 0 Å². The topological polar surface area (TPSA) is 165 Å². The smallest absolute Gasteiger partial charge is 0.323 e. The molecule has 1 aromatic carbocycles. The molecule has 0 aliphatic heterocycles. The molecular weight excluding hydrogens is 320 g/mol. The Morgan fingerprint density at radius 2 is 1.71 bits per heavy atom. The Hall–Kier alpha value is -2.59. The fourth-order valence-corrected chi connectivity index (χ4v) is 2.11. The Bertz CT molecular complexity index is 575. The number of rotatable bonds is 10. The molecule has 0 amide bonds. The van der Waals surface area contributed by atoms with Gasteiger partial charge >= 0.3 is 5.97 Å². The molecular formula is C14H20N4O6. The van der Waals surface area contributed by atoms with Crippen LogP contribution < -0.4 is 11.5 Å². The van der Waals surface area contributed by atoms with E-state index < -0.39 is 39.8 Å². The largest absolute Gasteiger partial charge is 0.459 e. The zero-order valence-corrected chi connectivity index (χ0v) is 13.1. The summed E-state index contributed by atoms with van der Waals surface area (Å²) in [5.74, 6) is -0.754. The van der Waals surface area contributed by atoms with Crippen molar-refractivity contribution in [3.8, 4) is 0 Å².